The minimum atomic E-state index is -2.54. The average molecular weight is 905 g/mol. The minimum absolute atomic E-state index is 0.00411. The second-order valence-electron chi connectivity index (χ2n) is 22.2. The maximum absolute atomic E-state index is 13.4. The summed E-state index contributed by atoms with van der Waals surface area (Å²) >= 11 is 0. The molecule has 0 radical (unpaired) electrons. The molecule has 3 rings (SSSR count). The quantitative estimate of drug-likeness (QED) is 0.0632. The van der Waals surface area contributed by atoms with E-state index in [1.54, 1.807) is 7.11 Å². The summed E-state index contributed by atoms with van der Waals surface area (Å²) in [5, 5.41) is 24.8. The highest BCUT2D eigenvalue weighted by molar-refractivity contribution is 6.75. The van der Waals surface area contributed by atoms with Gasteiger partial charge in [0, 0.05) is 31.0 Å². The van der Waals surface area contributed by atoms with Gasteiger partial charge in [0.15, 0.2) is 25.0 Å². The lowest BCUT2D eigenvalue weighted by atomic mass is 9.78. The molecule has 0 saturated carbocycles. The van der Waals surface area contributed by atoms with E-state index in [9.17, 15) is 15.0 Å². The van der Waals surface area contributed by atoms with Crippen molar-refractivity contribution in [3.8, 4) is 5.75 Å². The van der Waals surface area contributed by atoms with Crippen molar-refractivity contribution in [2.75, 3.05) is 26.9 Å². The van der Waals surface area contributed by atoms with Gasteiger partial charge in [-0.15, -0.1) is 0 Å². The lowest BCUT2D eigenvalue weighted by Gasteiger charge is -2.47. The van der Waals surface area contributed by atoms with Crippen LogP contribution in [0, 0.1) is 17.8 Å². The van der Waals surface area contributed by atoms with E-state index in [2.05, 4.69) is 115 Å². The highest BCUT2D eigenvalue weighted by atomic mass is 28.4. The third-order valence-electron chi connectivity index (χ3n) is 14.3. The van der Waals surface area contributed by atoms with Gasteiger partial charge in [0.05, 0.1) is 51.2 Å². The van der Waals surface area contributed by atoms with Crippen LogP contribution in [0.1, 0.15) is 93.7 Å². The van der Waals surface area contributed by atoms with Crippen LogP contribution in [0.5, 0.6) is 5.75 Å². The molecule has 0 spiro atoms. The zero-order valence-electron chi connectivity index (χ0n) is 41.1. The van der Waals surface area contributed by atoms with Gasteiger partial charge in [0.2, 0.25) is 0 Å². The molecule has 8 atom stereocenters. The summed E-state index contributed by atoms with van der Waals surface area (Å²) in [6, 6.07) is 17.3. The van der Waals surface area contributed by atoms with E-state index in [4.69, 9.17) is 32.2 Å². The monoisotopic (exact) mass is 905 g/mol. The van der Waals surface area contributed by atoms with Crippen LogP contribution < -0.4 is 4.74 Å². The first-order chi connectivity index (χ1) is 27.9. The normalized spacial score (nSPS) is 21.0. The minimum Gasteiger partial charge on any atom is -0.497 e. The molecule has 2 N–H and O–H groups in total. The molecule has 10 nitrogen and oxygen atoms in total. The summed E-state index contributed by atoms with van der Waals surface area (Å²) in [4.78, 5) is 13.4. The number of hydrogen-bond donors (Lipinski definition) is 2. The molecule has 0 aromatic heterocycles. The number of carbonyl (C=O) groups excluding carboxylic acids is 1. The van der Waals surface area contributed by atoms with Crippen molar-refractivity contribution in [3.63, 3.8) is 0 Å². The van der Waals surface area contributed by atoms with Crippen LogP contribution in [0.3, 0.4) is 0 Å². The third-order valence-corrected chi connectivity index (χ3v) is 27.7. The van der Waals surface area contributed by atoms with Crippen LogP contribution in [0.25, 0.3) is 0 Å². The van der Waals surface area contributed by atoms with Gasteiger partial charge in [-0.2, -0.15) is 0 Å². The summed E-state index contributed by atoms with van der Waals surface area (Å²) in [5.74, 6) is -1.29. The standard InChI is InChI=1S/C48H84O10Si3/c1-34(29-53-30-36-24-26-37(52-12)27-25-36)43-48(11,57-43)44(58-61(17,18)47(8,9)10)39(33-56-60(15,16)46(5,6)7)42(51)38(32-55-59(13,14)45(2,3)4)40(49)28-41(50)54-31-35-22-20-19-21-23-35/h19-27,34,38-40,42-44,49,51H,28-33H2,1-18H3/t34-,38+,39-,40+,42+,43+,44-,48-/m0/s1. The summed E-state index contributed by atoms with van der Waals surface area (Å²) in [7, 11) is -5.65. The Kier molecular flexibility index (Phi) is 18.3. The van der Waals surface area contributed by atoms with Crippen LogP contribution in [-0.2, 0) is 45.5 Å². The fraction of sp³-hybridized carbons (Fsp3) is 0.729. The fourth-order valence-electron chi connectivity index (χ4n) is 6.73. The molecule has 2 aromatic carbocycles. The molecule has 0 bridgehead atoms. The van der Waals surface area contributed by atoms with Crippen molar-refractivity contribution in [2.45, 2.75) is 180 Å². The highest BCUT2D eigenvalue weighted by Crippen LogP contribution is 2.52. The number of benzene rings is 2. The van der Waals surface area contributed by atoms with E-state index in [0.717, 1.165) is 16.9 Å². The predicted octanol–water partition coefficient (Wildman–Crippen LogP) is 10.5. The SMILES string of the molecule is COc1ccc(COC[C@H](C)[C@H]2O[C@]2(C)[C@@H](O[Si](C)(C)C(C)(C)C)[C@@H](CO[Si](C)(C)C(C)(C)C)[C@H](O)[C@H](CO[Si](C)(C)C(C)(C)C)[C@H](O)CC(=O)OCc2ccccc2)cc1. The topological polar surface area (TPSA) is 125 Å². The van der Waals surface area contributed by atoms with E-state index < -0.39 is 66.7 Å². The highest BCUT2D eigenvalue weighted by Gasteiger charge is 2.65. The Morgan fingerprint density at radius 3 is 1.70 bits per heavy atom. The smallest absolute Gasteiger partial charge is 0.308 e. The molecule has 0 amide bonds. The summed E-state index contributed by atoms with van der Waals surface area (Å²) < 4.78 is 45.3. The van der Waals surface area contributed by atoms with E-state index in [-0.39, 0.29) is 53.4 Å². The fourth-order valence-corrected chi connectivity index (χ4v) is 10.2. The predicted molar refractivity (Wildman–Crippen MR) is 253 cm³/mol. The summed E-state index contributed by atoms with van der Waals surface area (Å²) in [6.45, 7) is 38.3. The Bertz CT molecular complexity index is 1650. The van der Waals surface area contributed by atoms with Gasteiger partial charge in [-0.3, -0.25) is 4.79 Å². The summed E-state index contributed by atoms with van der Waals surface area (Å²) in [5.41, 5.74) is 1.08. The number of epoxide rings is 1. The molecule has 0 unspecified atom stereocenters. The van der Waals surface area contributed by atoms with Crippen molar-refractivity contribution in [1.82, 2.24) is 0 Å². The van der Waals surface area contributed by atoms with Crippen molar-refractivity contribution < 1.29 is 47.2 Å². The van der Waals surface area contributed by atoms with Crippen LogP contribution in [-0.4, -0.2) is 98.1 Å². The number of rotatable bonds is 23. The van der Waals surface area contributed by atoms with Crippen LogP contribution in [0.15, 0.2) is 54.6 Å². The van der Waals surface area contributed by atoms with Crippen LogP contribution in [0.2, 0.25) is 54.4 Å². The number of aliphatic hydroxyl groups excluding tert-OH is 2. The van der Waals surface area contributed by atoms with Crippen molar-refractivity contribution in [2.24, 2.45) is 17.8 Å². The molecule has 1 aliphatic rings. The Balaban J connectivity index is 2.07. The first-order valence-electron chi connectivity index (χ1n) is 22.3. The molecule has 1 saturated heterocycles. The van der Waals surface area contributed by atoms with Crippen LogP contribution in [0.4, 0.5) is 0 Å². The Morgan fingerprint density at radius 2 is 1.21 bits per heavy atom. The molecule has 13 heteroatoms. The Labute approximate surface area is 373 Å². The number of carbonyl (C=O) groups is 1. The zero-order chi connectivity index (χ0) is 46.4. The first-order valence-corrected chi connectivity index (χ1v) is 31.0. The van der Waals surface area contributed by atoms with Gasteiger partial charge in [-0.25, -0.2) is 0 Å². The van der Waals surface area contributed by atoms with E-state index >= 15 is 0 Å². The number of hydrogen-bond acceptors (Lipinski definition) is 10. The van der Waals surface area contributed by atoms with Gasteiger partial charge in [-0.05, 0) is 84.6 Å². The maximum atomic E-state index is 13.4. The maximum Gasteiger partial charge on any atom is 0.308 e. The Morgan fingerprint density at radius 1 is 0.721 bits per heavy atom. The number of esters is 1. The molecule has 348 valence electrons. The van der Waals surface area contributed by atoms with E-state index in [1.165, 1.54) is 0 Å². The molecular weight excluding hydrogens is 821 g/mol. The lowest BCUT2D eigenvalue weighted by molar-refractivity contribution is -0.150. The molecule has 2 aromatic rings. The molecule has 1 fully saturated rings. The molecular formula is C48H84O10Si3. The number of aliphatic hydroxyl groups is 2. The lowest BCUT2D eigenvalue weighted by Crippen LogP contribution is -2.58. The van der Waals surface area contributed by atoms with E-state index in [1.807, 2.05) is 54.6 Å². The molecule has 1 aliphatic heterocycles. The van der Waals surface area contributed by atoms with Gasteiger partial charge >= 0.3 is 5.97 Å². The second-order valence-corrected chi connectivity index (χ2v) is 36.6. The molecule has 61 heavy (non-hydrogen) atoms. The van der Waals surface area contributed by atoms with Crippen LogP contribution >= 0.6 is 0 Å². The third kappa shape index (κ3) is 14.5. The van der Waals surface area contributed by atoms with Gasteiger partial charge in [0.25, 0.3) is 0 Å². The largest absolute Gasteiger partial charge is 0.497 e. The molecule has 1 heterocycles. The second kappa shape index (κ2) is 20.9. The van der Waals surface area contributed by atoms with Crippen molar-refractivity contribution in [3.05, 3.63) is 65.7 Å². The summed E-state index contributed by atoms with van der Waals surface area (Å²) in [6.07, 6.45) is -3.65. The van der Waals surface area contributed by atoms with Crippen molar-refractivity contribution in [1.29, 1.82) is 0 Å². The van der Waals surface area contributed by atoms with Gasteiger partial charge < -0.3 is 42.4 Å². The Hall–Kier alpha value is -1.92. The number of ether oxygens (including phenoxy) is 4. The van der Waals surface area contributed by atoms with Gasteiger partial charge in [-0.1, -0.05) is 112 Å². The number of methoxy groups -OCH3 is 1. The van der Waals surface area contributed by atoms with E-state index in [0.29, 0.717) is 13.2 Å². The first kappa shape index (κ1) is 53.4. The average Bonchev–Trinajstić information content (AvgIpc) is 3.85. The van der Waals surface area contributed by atoms with Crippen molar-refractivity contribution >= 4 is 30.9 Å². The molecule has 0 aliphatic carbocycles. The zero-order valence-corrected chi connectivity index (χ0v) is 44.1. The van der Waals surface area contributed by atoms with Gasteiger partial charge in [0.1, 0.15) is 18.0 Å².